The highest BCUT2D eigenvalue weighted by Crippen LogP contribution is 2.31. The van der Waals surface area contributed by atoms with E-state index in [0.29, 0.717) is 0 Å². The molecule has 0 spiro atoms. The fourth-order valence-electron chi connectivity index (χ4n) is 2.47. The van der Waals surface area contributed by atoms with Crippen molar-refractivity contribution in [3.8, 4) is 0 Å². The summed E-state index contributed by atoms with van der Waals surface area (Å²) in [5.41, 5.74) is 9.35. The van der Waals surface area contributed by atoms with Crippen molar-refractivity contribution < 1.29 is 0 Å². The first-order valence-electron chi connectivity index (χ1n) is 5.58. The summed E-state index contributed by atoms with van der Waals surface area (Å²) in [5, 5.41) is 2.53. The Balaban J connectivity index is 2.64. The maximum Gasteiger partial charge on any atom is 0.0724 e. The number of rotatable bonds is 1. The molecule has 3 aromatic rings. The van der Waals surface area contributed by atoms with Crippen molar-refractivity contribution in [2.45, 2.75) is 13.5 Å². The maximum absolute atomic E-state index is 6.08. The van der Waals surface area contributed by atoms with Crippen LogP contribution in [0.4, 0.5) is 5.69 Å². The second-order valence-corrected chi connectivity index (χ2v) is 4.00. The van der Waals surface area contributed by atoms with Gasteiger partial charge in [0.05, 0.1) is 11.2 Å². The molecular formula is C14H14N2. The minimum atomic E-state index is 0.857. The summed E-state index contributed by atoms with van der Waals surface area (Å²) < 4.78 is 2.28. The van der Waals surface area contributed by atoms with E-state index >= 15 is 0 Å². The van der Waals surface area contributed by atoms with Crippen LogP contribution in [-0.4, -0.2) is 4.57 Å². The Hall–Kier alpha value is -1.96. The molecule has 0 saturated heterocycles. The summed E-state index contributed by atoms with van der Waals surface area (Å²) in [6.07, 6.45) is 0. The number of hydrogen-bond donors (Lipinski definition) is 1. The molecular weight excluding hydrogens is 196 g/mol. The van der Waals surface area contributed by atoms with Crippen LogP contribution < -0.4 is 5.73 Å². The third kappa shape index (κ3) is 1.07. The molecule has 2 aromatic carbocycles. The molecule has 0 amide bonds. The summed E-state index contributed by atoms with van der Waals surface area (Å²) in [4.78, 5) is 0. The molecule has 0 radical (unpaired) electrons. The van der Waals surface area contributed by atoms with Crippen molar-refractivity contribution in [1.82, 2.24) is 4.57 Å². The predicted octanol–water partition coefficient (Wildman–Crippen LogP) is 3.40. The van der Waals surface area contributed by atoms with Gasteiger partial charge in [-0.1, -0.05) is 30.3 Å². The molecule has 0 fully saturated rings. The van der Waals surface area contributed by atoms with Crippen LogP contribution in [0.3, 0.4) is 0 Å². The van der Waals surface area contributed by atoms with Crippen LogP contribution in [0.5, 0.6) is 0 Å². The van der Waals surface area contributed by atoms with E-state index in [9.17, 15) is 0 Å². The van der Waals surface area contributed by atoms with Crippen LogP contribution in [0.1, 0.15) is 6.92 Å². The van der Waals surface area contributed by atoms with E-state index in [4.69, 9.17) is 5.73 Å². The summed E-state index contributed by atoms with van der Waals surface area (Å²) in [6, 6.07) is 14.6. The number of nitrogen functional groups attached to an aromatic ring is 1. The van der Waals surface area contributed by atoms with E-state index in [1.54, 1.807) is 0 Å². The fraction of sp³-hybridized carbons (Fsp3) is 0.143. The third-order valence-corrected chi connectivity index (χ3v) is 3.14. The summed E-state index contributed by atoms with van der Waals surface area (Å²) >= 11 is 0. The van der Waals surface area contributed by atoms with Crippen molar-refractivity contribution >= 4 is 27.5 Å². The van der Waals surface area contributed by atoms with Crippen LogP contribution in [-0.2, 0) is 6.54 Å². The van der Waals surface area contributed by atoms with Gasteiger partial charge < -0.3 is 10.3 Å². The number of para-hydroxylation sites is 2. The number of benzene rings is 2. The first-order chi connectivity index (χ1) is 7.83. The summed E-state index contributed by atoms with van der Waals surface area (Å²) in [7, 11) is 0. The minimum absolute atomic E-state index is 0.857. The van der Waals surface area contributed by atoms with Crippen molar-refractivity contribution in [3.05, 3.63) is 42.5 Å². The standard InChI is InChI=1S/C14H14N2/c1-2-16-13-9-4-3-6-10(13)11-7-5-8-12(15)14(11)16/h3-9H,2,15H2,1H3. The molecule has 0 aliphatic rings. The van der Waals surface area contributed by atoms with Gasteiger partial charge in [0.25, 0.3) is 0 Å². The Labute approximate surface area is 94.3 Å². The van der Waals surface area contributed by atoms with Gasteiger partial charge in [-0.25, -0.2) is 0 Å². The van der Waals surface area contributed by atoms with Gasteiger partial charge in [0, 0.05) is 22.8 Å². The van der Waals surface area contributed by atoms with E-state index in [2.05, 4.69) is 41.8 Å². The average molecular weight is 210 g/mol. The summed E-state index contributed by atoms with van der Waals surface area (Å²) in [5.74, 6) is 0. The smallest absolute Gasteiger partial charge is 0.0724 e. The van der Waals surface area contributed by atoms with E-state index in [1.807, 2.05) is 12.1 Å². The number of anilines is 1. The molecule has 2 nitrogen and oxygen atoms in total. The van der Waals surface area contributed by atoms with Crippen LogP contribution in [0, 0.1) is 0 Å². The van der Waals surface area contributed by atoms with Crippen LogP contribution >= 0.6 is 0 Å². The van der Waals surface area contributed by atoms with E-state index in [-0.39, 0.29) is 0 Å². The van der Waals surface area contributed by atoms with Crippen molar-refractivity contribution in [2.24, 2.45) is 0 Å². The monoisotopic (exact) mass is 210 g/mol. The van der Waals surface area contributed by atoms with E-state index in [0.717, 1.165) is 17.7 Å². The lowest BCUT2D eigenvalue weighted by Gasteiger charge is -2.04. The van der Waals surface area contributed by atoms with Gasteiger partial charge in [0.2, 0.25) is 0 Å². The second kappa shape index (κ2) is 3.27. The highest BCUT2D eigenvalue weighted by Gasteiger charge is 2.10. The Morgan fingerprint density at radius 1 is 1.00 bits per heavy atom. The summed E-state index contributed by atoms with van der Waals surface area (Å²) in [6.45, 7) is 3.09. The van der Waals surface area contributed by atoms with E-state index < -0.39 is 0 Å². The average Bonchev–Trinajstić information content (AvgIpc) is 2.65. The van der Waals surface area contributed by atoms with Gasteiger partial charge in [0.15, 0.2) is 0 Å². The molecule has 0 saturated carbocycles. The Bertz CT molecular complexity index is 665. The van der Waals surface area contributed by atoms with Crippen LogP contribution in [0.2, 0.25) is 0 Å². The number of aryl methyl sites for hydroxylation is 1. The van der Waals surface area contributed by atoms with Gasteiger partial charge >= 0.3 is 0 Å². The number of aromatic nitrogens is 1. The Morgan fingerprint density at radius 2 is 1.75 bits per heavy atom. The molecule has 80 valence electrons. The van der Waals surface area contributed by atoms with Crippen molar-refractivity contribution in [3.63, 3.8) is 0 Å². The largest absolute Gasteiger partial charge is 0.397 e. The van der Waals surface area contributed by atoms with Crippen LogP contribution in [0.25, 0.3) is 21.8 Å². The van der Waals surface area contributed by atoms with E-state index in [1.165, 1.54) is 16.3 Å². The number of nitrogens with zero attached hydrogens (tertiary/aromatic N) is 1. The normalized spacial score (nSPS) is 11.3. The molecule has 1 heterocycles. The highest BCUT2D eigenvalue weighted by atomic mass is 15.0. The third-order valence-electron chi connectivity index (χ3n) is 3.14. The molecule has 0 aliphatic heterocycles. The molecule has 0 aliphatic carbocycles. The number of hydrogen-bond acceptors (Lipinski definition) is 1. The molecule has 2 N–H and O–H groups in total. The molecule has 0 atom stereocenters. The lowest BCUT2D eigenvalue weighted by atomic mass is 10.1. The van der Waals surface area contributed by atoms with Crippen molar-refractivity contribution in [1.29, 1.82) is 0 Å². The first kappa shape index (κ1) is 9.28. The second-order valence-electron chi connectivity index (χ2n) is 4.00. The molecule has 0 bridgehead atoms. The lowest BCUT2D eigenvalue weighted by molar-refractivity contribution is 0.828. The Kier molecular flexibility index (Phi) is 1.90. The topological polar surface area (TPSA) is 30.9 Å². The quantitative estimate of drug-likeness (QED) is 0.613. The van der Waals surface area contributed by atoms with Gasteiger partial charge in [-0.15, -0.1) is 0 Å². The van der Waals surface area contributed by atoms with Gasteiger partial charge in [-0.05, 0) is 19.1 Å². The van der Waals surface area contributed by atoms with Gasteiger partial charge in [0.1, 0.15) is 0 Å². The molecule has 3 rings (SSSR count). The zero-order valence-electron chi connectivity index (χ0n) is 9.27. The fourth-order valence-corrected chi connectivity index (χ4v) is 2.47. The zero-order valence-corrected chi connectivity index (χ0v) is 9.27. The van der Waals surface area contributed by atoms with Crippen LogP contribution in [0.15, 0.2) is 42.5 Å². The number of nitrogens with two attached hydrogens (primary N) is 1. The molecule has 1 aromatic heterocycles. The van der Waals surface area contributed by atoms with Gasteiger partial charge in [-0.2, -0.15) is 0 Å². The SMILES string of the molecule is CCn1c2ccccc2c2cccc(N)c21. The maximum atomic E-state index is 6.08. The minimum Gasteiger partial charge on any atom is -0.397 e. The molecule has 2 heteroatoms. The lowest BCUT2D eigenvalue weighted by Crippen LogP contribution is -1.96. The Morgan fingerprint density at radius 3 is 2.56 bits per heavy atom. The molecule has 16 heavy (non-hydrogen) atoms. The first-order valence-corrected chi connectivity index (χ1v) is 5.58. The van der Waals surface area contributed by atoms with Gasteiger partial charge in [-0.3, -0.25) is 0 Å². The number of fused-ring (bicyclic) bond motifs is 3. The zero-order chi connectivity index (χ0) is 11.1. The van der Waals surface area contributed by atoms with Crippen molar-refractivity contribution in [2.75, 3.05) is 5.73 Å². The predicted molar refractivity (Wildman–Crippen MR) is 69.5 cm³/mol. The molecule has 0 unspecified atom stereocenters. The highest BCUT2D eigenvalue weighted by molar-refractivity contribution is 6.11.